The maximum absolute atomic E-state index is 12.5. The summed E-state index contributed by atoms with van der Waals surface area (Å²) in [7, 11) is 1.86. The Morgan fingerprint density at radius 3 is 2.65 bits per heavy atom. The van der Waals surface area contributed by atoms with Crippen molar-refractivity contribution >= 4 is 17.2 Å². The van der Waals surface area contributed by atoms with Crippen molar-refractivity contribution in [2.24, 2.45) is 17.8 Å². The normalized spacial score (nSPS) is 22.2. The summed E-state index contributed by atoms with van der Waals surface area (Å²) in [5.41, 5.74) is 0.988. The number of aromatic nitrogens is 1. The van der Waals surface area contributed by atoms with Crippen LogP contribution in [-0.2, 0) is 11.2 Å². The van der Waals surface area contributed by atoms with Crippen molar-refractivity contribution in [2.45, 2.75) is 70.6 Å². The zero-order chi connectivity index (χ0) is 23.9. The van der Waals surface area contributed by atoms with Crippen LogP contribution in [0.15, 0.2) is 29.1 Å². The van der Waals surface area contributed by atoms with Gasteiger partial charge < -0.3 is 14.7 Å². The number of ether oxygens (including phenoxy) is 1. The lowest BCUT2D eigenvalue weighted by Gasteiger charge is -2.39. The lowest BCUT2D eigenvalue weighted by atomic mass is 9.67. The number of nitrogens with zero attached hydrogens (tertiary/aromatic N) is 1. The highest BCUT2D eigenvalue weighted by Gasteiger charge is 2.31. The second kappa shape index (κ2) is 11.9. The van der Waals surface area contributed by atoms with E-state index in [9.17, 15) is 14.7 Å². The zero-order valence-corrected chi connectivity index (χ0v) is 21.1. The highest BCUT2D eigenvalue weighted by Crippen LogP contribution is 2.43. The molecule has 0 aliphatic heterocycles. The molecule has 1 amide bonds. The smallest absolute Gasteiger partial charge is 0.307 e. The Morgan fingerprint density at radius 2 is 1.91 bits per heavy atom. The number of aromatic hydroxyl groups is 1. The number of H-pyrrole nitrogens is 1. The number of carbonyl (C=O) groups excluding carboxylic acids is 1. The number of fused-ring (bicyclic) bond motifs is 1. The van der Waals surface area contributed by atoms with Gasteiger partial charge in [0.2, 0.25) is 11.8 Å². The third-order valence-electron chi connectivity index (χ3n) is 7.76. The molecule has 4 rings (SSSR count). The van der Waals surface area contributed by atoms with Crippen molar-refractivity contribution < 1.29 is 14.6 Å². The van der Waals surface area contributed by atoms with Gasteiger partial charge in [-0.2, -0.15) is 0 Å². The van der Waals surface area contributed by atoms with Crippen LogP contribution in [0.1, 0.15) is 74.6 Å². The highest BCUT2D eigenvalue weighted by atomic mass is 32.1. The minimum absolute atomic E-state index is 0.0559. The van der Waals surface area contributed by atoms with Gasteiger partial charge in [0.15, 0.2) is 0 Å². The fourth-order valence-electron chi connectivity index (χ4n) is 5.75. The number of thiazole rings is 1. The van der Waals surface area contributed by atoms with Crippen LogP contribution in [0.5, 0.6) is 11.6 Å². The molecule has 2 fully saturated rings. The van der Waals surface area contributed by atoms with Crippen LogP contribution < -0.4 is 9.61 Å². The summed E-state index contributed by atoms with van der Waals surface area (Å²) >= 11 is 1.02. The molecule has 2 aromatic rings. The molecule has 0 saturated heterocycles. The molecule has 2 aliphatic rings. The SMILES string of the molecule is CN(CCOc1ccc(Cc2sc(=O)[nH]c2O)cc1)C(=O)CCCC1CC[C@H]2CCCC[C@@H]2C1. The minimum Gasteiger partial charge on any atom is -0.494 e. The van der Waals surface area contributed by atoms with Gasteiger partial charge in [0.1, 0.15) is 12.4 Å². The van der Waals surface area contributed by atoms with E-state index >= 15 is 0 Å². The van der Waals surface area contributed by atoms with E-state index in [1.54, 1.807) is 4.90 Å². The van der Waals surface area contributed by atoms with Gasteiger partial charge in [-0.25, -0.2) is 0 Å². The fraction of sp³-hybridized carbons (Fsp3) is 0.630. The van der Waals surface area contributed by atoms with E-state index < -0.39 is 0 Å². The molecule has 34 heavy (non-hydrogen) atoms. The van der Waals surface area contributed by atoms with Crippen molar-refractivity contribution in [1.29, 1.82) is 0 Å². The molecule has 1 unspecified atom stereocenters. The molecular weight excluding hydrogens is 448 g/mol. The Morgan fingerprint density at radius 1 is 1.15 bits per heavy atom. The van der Waals surface area contributed by atoms with E-state index in [0.717, 1.165) is 46.8 Å². The van der Waals surface area contributed by atoms with Crippen LogP contribution in [0.4, 0.5) is 0 Å². The average Bonchev–Trinajstić information content (AvgIpc) is 3.16. The molecule has 1 aromatic heterocycles. The first-order valence-corrected chi connectivity index (χ1v) is 13.7. The maximum Gasteiger partial charge on any atom is 0.307 e. The van der Waals surface area contributed by atoms with Crippen LogP contribution in [-0.4, -0.2) is 41.1 Å². The van der Waals surface area contributed by atoms with E-state index in [4.69, 9.17) is 4.74 Å². The van der Waals surface area contributed by atoms with Crippen molar-refractivity contribution in [3.8, 4) is 11.6 Å². The number of likely N-dealkylation sites (N-methyl/N-ethyl adjacent to an activating group) is 1. The molecule has 6 nitrogen and oxygen atoms in total. The Bertz CT molecular complexity index is 983. The van der Waals surface area contributed by atoms with Crippen LogP contribution in [0.25, 0.3) is 0 Å². The average molecular weight is 487 g/mol. The number of hydrogen-bond acceptors (Lipinski definition) is 5. The molecule has 0 spiro atoms. The molecule has 0 bridgehead atoms. The number of hydrogen-bond donors (Lipinski definition) is 2. The van der Waals surface area contributed by atoms with E-state index in [1.165, 1.54) is 51.4 Å². The molecular formula is C27H38N2O4S. The number of amides is 1. The summed E-state index contributed by atoms with van der Waals surface area (Å²) in [5, 5.41) is 9.72. The minimum atomic E-state index is -0.252. The Kier molecular flexibility index (Phi) is 8.70. The number of benzene rings is 1. The van der Waals surface area contributed by atoms with Gasteiger partial charge in [-0.05, 0) is 61.1 Å². The maximum atomic E-state index is 12.5. The van der Waals surface area contributed by atoms with E-state index in [-0.39, 0.29) is 16.7 Å². The van der Waals surface area contributed by atoms with Gasteiger partial charge in [-0.1, -0.05) is 55.6 Å². The quantitative estimate of drug-likeness (QED) is 0.474. The van der Waals surface area contributed by atoms with Gasteiger partial charge >= 0.3 is 4.87 Å². The van der Waals surface area contributed by atoms with E-state index in [1.807, 2.05) is 31.3 Å². The fourth-order valence-corrected chi connectivity index (χ4v) is 6.51. The van der Waals surface area contributed by atoms with Crippen LogP contribution >= 0.6 is 11.3 Å². The van der Waals surface area contributed by atoms with Crippen molar-refractivity contribution in [3.05, 3.63) is 44.4 Å². The molecule has 7 heteroatoms. The predicted octanol–water partition coefficient (Wildman–Crippen LogP) is 5.35. The number of rotatable bonds is 10. The van der Waals surface area contributed by atoms with E-state index in [0.29, 0.717) is 30.9 Å². The lowest BCUT2D eigenvalue weighted by Crippen LogP contribution is -2.31. The standard InChI is InChI=1S/C27H38N2O4S/c1-29(25(30)8-4-5-19-9-12-21-6-2-3-7-22(21)17-19)15-16-33-23-13-10-20(11-14-23)18-24-26(31)28-27(32)34-24/h10-11,13-14,19,21-22,31H,2-9,12,15-18H2,1H3,(H,28,32)/t19?,21-,22-/m1/s1. The van der Waals surface area contributed by atoms with Crippen LogP contribution in [0.2, 0.25) is 0 Å². The summed E-state index contributed by atoms with van der Waals surface area (Å²) in [4.78, 5) is 28.4. The van der Waals surface area contributed by atoms with Gasteiger partial charge in [-0.3, -0.25) is 14.6 Å². The topological polar surface area (TPSA) is 82.6 Å². The third-order valence-corrected chi connectivity index (χ3v) is 8.63. The molecule has 3 atom stereocenters. The number of nitrogens with one attached hydrogen (secondary N) is 1. The molecule has 2 aliphatic carbocycles. The molecule has 2 N–H and O–H groups in total. The van der Waals surface area contributed by atoms with Crippen LogP contribution in [0.3, 0.4) is 0 Å². The first-order chi connectivity index (χ1) is 16.5. The predicted molar refractivity (Wildman–Crippen MR) is 136 cm³/mol. The second-order valence-corrected chi connectivity index (χ2v) is 11.2. The van der Waals surface area contributed by atoms with E-state index in [2.05, 4.69) is 4.98 Å². The van der Waals surface area contributed by atoms with Crippen molar-refractivity contribution in [1.82, 2.24) is 9.88 Å². The first-order valence-electron chi connectivity index (χ1n) is 12.8. The molecule has 0 radical (unpaired) electrons. The Hall–Kier alpha value is -2.28. The summed E-state index contributed by atoms with van der Waals surface area (Å²) in [6.07, 6.45) is 13.2. The largest absolute Gasteiger partial charge is 0.494 e. The molecule has 1 aromatic carbocycles. The summed E-state index contributed by atoms with van der Waals surface area (Å²) in [5.74, 6) is 3.68. The molecule has 2 saturated carbocycles. The second-order valence-electron chi connectivity index (χ2n) is 10.1. The molecule has 186 valence electrons. The zero-order valence-electron chi connectivity index (χ0n) is 20.3. The third kappa shape index (κ3) is 6.87. The summed E-state index contributed by atoms with van der Waals surface area (Å²) in [6, 6.07) is 7.61. The van der Waals surface area contributed by atoms with Gasteiger partial charge in [-0.15, -0.1) is 0 Å². The number of carbonyl (C=O) groups is 1. The monoisotopic (exact) mass is 486 g/mol. The van der Waals surface area contributed by atoms with Crippen LogP contribution in [0, 0.1) is 17.8 Å². The first kappa shape index (κ1) is 24.8. The highest BCUT2D eigenvalue weighted by molar-refractivity contribution is 7.09. The lowest BCUT2D eigenvalue weighted by molar-refractivity contribution is -0.130. The summed E-state index contributed by atoms with van der Waals surface area (Å²) < 4.78 is 5.81. The Balaban J connectivity index is 1.11. The number of aromatic amines is 1. The Labute approximate surface area is 206 Å². The summed E-state index contributed by atoms with van der Waals surface area (Å²) in [6.45, 7) is 1.02. The van der Waals surface area contributed by atoms with Gasteiger partial charge in [0, 0.05) is 19.9 Å². The van der Waals surface area contributed by atoms with Crippen molar-refractivity contribution in [3.63, 3.8) is 0 Å². The molecule has 1 heterocycles. The van der Waals surface area contributed by atoms with Gasteiger partial charge in [0.05, 0.1) is 11.4 Å². The van der Waals surface area contributed by atoms with Crippen molar-refractivity contribution in [2.75, 3.05) is 20.2 Å². The van der Waals surface area contributed by atoms with Gasteiger partial charge in [0.25, 0.3) is 0 Å².